The number of rotatable bonds is 2. The normalized spacial score (nSPS) is 12.8. The molecular formula is C6H9N3O2. The van der Waals surface area contributed by atoms with Gasteiger partial charge in [-0.1, -0.05) is 0 Å². The summed E-state index contributed by atoms with van der Waals surface area (Å²) in [7, 11) is 0. The maximum absolute atomic E-state index is 10.4. The van der Waals surface area contributed by atoms with Crippen molar-refractivity contribution in [2.45, 2.75) is 13.0 Å². The Morgan fingerprint density at radius 2 is 2.55 bits per heavy atom. The molecule has 0 saturated heterocycles. The minimum absolute atomic E-state index is 0.332. The third-order valence-electron chi connectivity index (χ3n) is 1.43. The maximum Gasteiger partial charge on any atom is 0.326 e. The number of carbonyl (C=O) groups is 1. The van der Waals surface area contributed by atoms with Gasteiger partial charge in [0.15, 0.2) is 0 Å². The number of nitrogens with two attached hydrogens (primary N) is 1. The SMILES string of the molecule is CC(C(=O)O)n1cnc(N)c1. The van der Waals surface area contributed by atoms with Crippen molar-refractivity contribution < 1.29 is 9.90 Å². The second-order valence-corrected chi connectivity index (χ2v) is 2.26. The molecule has 0 bridgehead atoms. The van der Waals surface area contributed by atoms with Crippen LogP contribution in [-0.4, -0.2) is 20.6 Å². The van der Waals surface area contributed by atoms with Gasteiger partial charge in [0.1, 0.15) is 11.9 Å². The van der Waals surface area contributed by atoms with Crippen molar-refractivity contribution in [1.82, 2.24) is 9.55 Å². The zero-order chi connectivity index (χ0) is 8.43. The summed E-state index contributed by atoms with van der Waals surface area (Å²) in [5.41, 5.74) is 5.29. The predicted molar refractivity (Wildman–Crippen MR) is 39.0 cm³/mol. The third-order valence-corrected chi connectivity index (χ3v) is 1.43. The van der Waals surface area contributed by atoms with Crippen LogP contribution in [0.5, 0.6) is 0 Å². The van der Waals surface area contributed by atoms with E-state index >= 15 is 0 Å². The highest BCUT2D eigenvalue weighted by Gasteiger charge is 2.12. The van der Waals surface area contributed by atoms with Gasteiger partial charge in [0.05, 0.1) is 6.33 Å². The van der Waals surface area contributed by atoms with E-state index in [0.29, 0.717) is 5.82 Å². The maximum atomic E-state index is 10.4. The Bertz CT molecular complexity index is 269. The van der Waals surface area contributed by atoms with Crippen molar-refractivity contribution in [1.29, 1.82) is 0 Å². The van der Waals surface area contributed by atoms with E-state index in [9.17, 15) is 4.79 Å². The number of nitrogens with zero attached hydrogens (tertiary/aromatic N) is 2. The Morgan fingerprint density at radius 3 is 2.91 bits per heavy atom. The molecule has 0 fully saturated rings. The lowest BCUT2D eigenvalue weighted by atomic mass is 10.3. The first kappa shape index (κ1) is 7.59. The molecule has 0 spiro atoms. The number of hydrogen-bond acceptors (Lipinski definition) is 3. The van der Waals surface area contributed by atoms with Crippen LogP contribution in [0, 0.1) is 0 Å². The molecule has 0 aromatic carbocycles. The topological polar surface area (TPSA) is 81.1 Å². The molecule has 0 radical (unpaired) electrons. The van der Waals surface area contributed by atoms with Crippen LogP contribution in [-0.2, 0) is 4.79 Å². The molecule has 60 valence electrons. The lowest BCUT2D eigenvalue weighted by Gasteiger charge is -2.05. The fourth-order valence-corrected chi connectivity index (χ4v) is 0.692. The van der Waals surface area contributed by atoms with Gasteiger partial charge in [-0.05, 0) is 6.92 Å². The Kier molecular flexibility index (Phi) is 1.80. The van der Waals surface area contributed by atoms with Gasteiger partial charge in [-0.15, -0.1) is 0 Å². The van der Waals surface area contributed by atoms with Crippen LogP contribution < -0.4 is 5.73 Å². The van der Waals surface area contributed by atoms with Crippen molar-refractivity contribution in [2.75, 3.05) is 5.73 Å². The molecule has 3 N–H and O–H groups in total. The molecule has 0 saturated carbocycles. The first-order valence-corrected chi connectivity index (χ1v) is 3.13. The Morgan fingerprint density at radius 1 is 1.91 bits per heavy atom. The standard InChI is InChI=1S/C6H9N3O2/c1-4(6(10)11)9-2-5(7)8-3-9/h2-4H,7H2,1H3,(H,10,11). The van der Waals surface area contributed by atoms with Crippen LogP contribution in [0.3, 0.4) is 0 Å². The van der Waals surface area contributed by atoms with Gasteiger partial charge in [0.2, 0.25) is 0 Å². The number of imidazole rings is 1. The number of anilines is 1. The van der Waals surface area contributed by atoms with Crippen molar-refractivity contribution in [3.63, 3.8) is 0 Å². The molecule has 1 atom stereocenters. The van der Waals surface area contributed by atoms with Crippen molar-refractivity contribution in [3.05, 3.63) is 12.5 Å². The lowest BCUT2D eigenvalue weighted by molar-refractivity contribution is -0.140. The van der Waals surface area contributed by atoms with Gasteiger partial charge in [-0.2, -0.15) is 0 Å². The third kappa shape index (κ3) is 1.49. The van der Waals surface area contributed by atoms with Crippen LogP contribution in [0.25, 0.3) is 0 Å². The lowest BCUT2D eigenvalue weighted by Crippen LogP contribution is -2.13. The molecule has 1 unspecified atom stereocenters. The molecule has 1 heterocycles. The number of nitrogen functional groups attached to an aromatic ring is 1. The molecule has 1 rings (SSSR count). The molecule has 5 heteroatoms. The smallest absolute Gasteiger partial charge is 0.326 e. The quantitative estimate of drug-likeness (QED) is 0.635. The van der Waals surface area contributed by atoms with E-state index in [0.717, 1.165) is 0 Å². The van der Waals surface area contributed by atoms with E-state index in [2.05, 4.69) is 4.98 Å². The van der Waals surface area contributed by atoms with Crippen molar-refractivity contribution in [2.24, 2.45) is 0 Å². The van der Waals surface area contributed by atoms with Crippen LogP contribution >= 0.6 is 0 Å². The van der Waals surface area contributed by atoms with E-state index < -0.39 is 12.0 Å². The summed E-state index contributed by atoms with van der Waals surface area (Å²) in [4.78, 5) is 14.1. The van der Waals surface area contributed by atoms with E-state index in [1.165, 1.54) is 17.1 Å². The molecule has 0 aliphatic heterocycles. The molecule has 0 aliphatic rings. The highest BCUT2D eigenvalue weighted by atomic mass is 16.4. The number of hydrogen-bond donors (Lipinski definition) is 2. The molecule has 0 amide bonds. The highest BCUT2D eigenvalue weighted by molar-refractivity contribution is 5.71. The summed E-state index contributed by atoms with van der Waals surface area (Å²) >= 11 is 0. The number of aromatic nitrogens is 2. The zero-order valence-corrected chi connectivity index (χ0v) is 6.06. The Hall–Kier alpha value is -1.52. The van der Waals surface area contributed by atoms with E-state index in [1.807, 2.05) is 0 Å². The van der Waals surface area contributed by atoms with Gasteiger partial charge in [-0.25, -0.2) is 9.78 Å². The first-order valence-electron chi connectivity index (χ1n) is 3.13. The zero-order valence-electron chi connectivity index (χ0n) is 6.06. The molecule has 11 heavy (non-hydrogen) atoms. The summed E-state index contributed by atoms with van der Waals surface area (Å²) in [5, 5.41) is 8.56. The summed E-state index contributed by atoms with van der Waals surface area (Å²) < 4.78 is 1.44. The predicted octanol–water partition coefficient (Wildman–Crippen LogP) is 0.111. The number of carboxylic acids is 1. The van der Waals surface area contributed by atoms with E-state index in [-0.39, 0.29) is 0 Å². The summed E-state index contributed by atoms with van der Waals surface area (Å²) in [6.45, 7) is 1.56. The van der Waals surface area contributed by atoms with E-state index in [1.54, 1.807) is 6.92 Å². The largest absolute Gasteiger partial charge is 0.480 e. The fraction of sp³-hybridized carbons (Fsp3) is 0.333. The van der Waals surface area contributed by atoms with Crippen molar-refractivity contribution in [3.8, 4) is 0 Å². The molecule has 0 aliphatic carbocycles. The molecular weight excluding hydrogens is 146 g/mol. The molecule has 1 aromatic rings. The van der Waals surface area contributed by atoms with Crippen LogP contribution in [0.2, 0.25) is 0 Å². The minimum atomic E-state index is -0.901. The number of aliphatic carboxylic acids is 1. The van der Waals surface area contributed by atoms with Crippen LogP contribution in [0.15, 0.2) is 12.5 Å². The number of carboxylic acid groups (broad SMARTS) is 1. The minimum Gasteiger partial charge on any atom is -0.480 e. The first-order chi connectivity index (χ1) is 5.11. The van der Waals surface area contributed by atoms with Crippen molar-refractivity contribution >= 4 is 11.8 Å². The van der Waals surface area contributed by atoms with Gasteiger partial charge < -0.3 is 15.4 Å². The van der Waals surface area contributed by atoms with Gasteiger partial charge in [0, 0.05) is 6.20 Å². The summed E-state index contributed by atoms with van der Waals surface area (Å²) in [5.74, 6) is -0.569. The molecule has 5 nitrogen and oxygen atoms in total. The summed E-state index contributed by atoms with van der Waals surface area (Å²) in [6.07, 6.45) is 2.88. The second-order valence-electron chi connectivity index (χ2n) is 2.26. The van der Waals surface area contributed by atoms with Crippen LogP contribution in [0.4, 0.5) is 5.82 Å². The Balaban J connectivity index is 2.84. The highest BCUT2D eigenvalue weighted by Crippen LogP contribution is 2.06. The van der Waals surface area contributed by atoms with Gasteiger partial charge >= 0.3 is 5.97 Å². The average Bonchev–Trinajstić information content (AvgIpc) is 2.34. The summed E-state index contributed by atoms with van der Waals surface area (Å²) in [6, 6.07) is -0.611. The van der Waals surface area contributed by atoms with Crippen LogP contribution in [0.1, 0.15) is 13.0 Å². The monoisotopic (exact) mass is 155 g/mol. The van der Waals surface area contributed by atoms with Gasteiger partial charge in [0.25, 0.3) is 0 Å². The average molecular weight is 155 g/mol. The van der Waals surface area contributed by atoms with Gasteiger partial charge in [-0.3, -0.25) is 0 Å². The van der Waals surface area contributed by atoms with E-state index in [4.69, 9.17) is 10.8 Å². The molecule has 1 aromatic heterocycles. The Labute approximate surface area is 63.5 Å². The second kappa shape index (κ2) is 2.61. The fourth-order valence-electron chi connectivity index (χ4n) is 0.692.